The number of pyridine rings is 1. The molecule has 3 rings (SSSR count). The number of nitrogens with two attached hydrogens (primary N) is 1. The van der Waals surface area contributed by atoms with Crippen molar-refractivity contribution in [3.63, 3.8) is 0 Å². The van der Waals surface area contributed by atoms with Crippen molar-refractivity contribution in [3.8, 4) is 5.75 Å². The maximum atomic E-state index is 12.7. The van der Waals surface area contributed by atoms with Crippen molar-refractivity contribution in [1.29, 1.82) is 0 Å². The van der Waals surface area contributed by atoms with Crippen LogP contribution in [0.15, 0.2) is 60.9 Å². The summed E-state index contributed by atoms with van der Waals surface area (Å²) in [5, 5.41) is 5.30. The molecule has 29 heavy (non-hydrogen) atoms. The van der Waals surface area contributed by atoms with E-state index in [9.17, 15) is 9.59 Å². The zero-order valence-electron chi connectivity index (χ0n) is 16.2. The van der Waals surface area contributed by atoms with Gasteiger partial charge in [-0.05, 0) is 61.4 Å². The van der Waals surface area contributed by atoms with Crippen LogP contribution < -0.4 is 21.1 Å². The number of benzene rings is 2. The Kier molecular flexibility index (Phi) is 6.09. The molecule has 0 bridgehead atoms. The molecule has 0 unspecified atom stereocenters. The van der Waals surface area contributed by atoms with Crippen molar-refractivity contribution >= 4 is 23.3 Å². The summed E-state index contributed by atoms with van der Waals surface area (Å²) in [6.07, 6.45) is 3.47. The van der Waals surface area contributed by atoms with E-state index in [0.717, 1.165) is 22.4 Å². The van der Waals surface area contributed by atoms with Gasteiger partial charge >= 0.3 is 6.03 Å². The number of urea groups is 1. The lowest BCUT2D eigenvalue weighted by atomic mass is 10.0. The van der Waals surface area contributed by atoms with Crippen LogP contribution in [0.1, 0.15) is 27.0 Å². The average Bonchev–Trinajstić information content (AvgIpc) is 2.67. The Labute approximate surface area is 168 Å². The third kappa shape index (κ3) is 5.32. The highest BCUT2D eigenvalue weighted by molar-refractivity contribution is 6.05. The lowest BCUT2D eigenvalue weighted by Crippen LogP contribution is -2.19. The van der Waals surface area contributed by atoms with Gasteiger partial charge in [0.2, 0.25) is 0 Å². The molecule has 0 atom stereocenters. The normalized spacial score (nSPS) is 10.3. The van der Waals surface area contributed by atoms with Crippen LogP contribution in [-0.2, 0) is 6.61 Å². The first-order valence-corrected chi connectivity index (χ1v) is 9.03. The number of aromatic nitrogens is 1. The summed E-state index contributed by atoms with van der Waals surface area (Å²) in [4.78, 5) is 27.7. The van der Waals surface area contributed by atoms with Gasteiger partial charge in [0.05, 0.1) is 0 Å². The summed E-state index contributed by atoms with van der Waals surface area (Å²) in [6.45, 7) is 4.21. The molecular formula is C22H22N4O3. The number of ether oxygens (including phenoxy) is 1. The Hall–Kier alpha value is -3.87. The Bertz CT molecular complexity index is 1010. The van der Waals surface area contributed by atoms with Crippen LogP contribution in [0.4, 0.5) is 16.2 Å². The average molecular weight is 390 g/mol. The quantitative estimate of drug-likeness (QED) is 0.591. The Morgan fingerprint density at radius 1 is 1.00 bits per heavy atom. The molecule has 3 amide bonds. The minimum Gasteiger partial charge on any atom is -0.488 e. The number of rotatable bonds is 6. The molecule has 7 nitrogen and oxygen atoms in total. The summed E-state index contributed by atoms with van der Waals surface area (Å²) in [6, 6.07) is 13.5. The number of carbonyl (C=O) groups is 2. The number of aryl methyl sites for hydroxylation is 2. The van der Waals surface area contributed by atoms with E-state index in [1.54, 1.807) is 48.8 Å². The number of primary amides is 1. The zero-order valence-corrected chi connectivity index (χ0v) is 16.2. The monoisotopic (exact) mass is 390 g/mol. The molecule has 0 radical (unpaired) electrons. The molecular weight excluding hydrogens is 368 g/mol. The fraction of sp³-hybridized carbons (Fsp3) is 0.136. The van der Waals surface area contributed by atoms with E-state index in [2.05, 4.69) is 15.6 Å². The van der Waals surface area contributed by atoms with Crippen molar-refractivity contribution in [2.45, 2.75) is 20.5 Å². The smallest absolute Gasteiger partial charge is 0.316 e. The summed E-state index contributed by atoms with van der Waals surface area (Å²) in [7, 11) is 0. The van der Waals surface area contributed by atoms with Gasteiger partial charge in [-0.2, -0.15) is 0 Å². The van der Waals surface area contributed by atoms with Crippen molar-refractivity contribution in [3.05, 3.63) is 83.2 Å². The minimum atomic E-state index is -0.665. The Morgan fingerprint density at radius 2 is 1.69 bits per heavy atom. The fourth-order valence-electron chi connectivity index (χ4n) is 2.97. The fourth-order valence-corrected chi connectivity index (χ4v) is 2.97. The third-order valence-corrected chi connectivity index (χ3v) is 4.22. The summed E-state index contributed by atoms with van der Waals surface area (Å²) >= 11 is 0. The van der Waals surface area contributed by atoms with Crippen molar-refractivity contribution in [1.82, 2.24) is 4.98 Å². The molecule has 4 N–H and O–H groups in total. The maximum absolute atomic E-state index is 12.7. The second-order valence-electron chi connectivity index (χ2n) is 6.61. The second-order valence-corrected chi connectivity index (χ2v) is 6.61. The van der Waals surface area contributed by atoms with Crippen LogP contribution in [0, 0.1) is 13.8 Å². The van der Waals surface area contributed by atoms with Gasteiger partial charge in [0.1, 0.15) is 12.4 Å². The molecule has 0 aliphatic rings. The van der Waals surface area contributed by atoms with Crippen LogP contribution in [-0.4, -0.2) is 16.9 Å². The molecule has 1 heterocycles. The number of nitrogens with zero attached hydrogens (tertiary/aromatic N) is 1. The van der Waals surface area contributed by atoms with E-state index >= 15 is 0 Å². The standard InChI is InChI=1S/C22H22N4O3/c1-14-9-17(10-15(2)20(14)29-13-16-5-4-8-24-12-16)21(27)25-18-6-3-7-19(11-18)26-22(23)28/h3-12H,13H2,1-2H3,(H,25,27)(H3,23,26,28). The van der Waals surface area contributed by atoms with E-state index in [-0.39, 0.29) is 5.91 Å². The van der Waals surface area contributed by atoms with E-state index in [1.165, 1.54) is 0 Å². The lowest BCUT2D eigenvalue weighted by Gasteiger charge is -2.14. The van der Waals surface area contributed by atoms with E-state index in [1.807, 2.05) is 26.0 Å². The summed E-state index contributed by atoms with van der Waals surface area (Å²) in [5.41, 5.74) is 9.39. The van der Waals surface area contributed by atoms with Gasteiger partial charge in [-0.15, -0.1) is 0 Å². The van der Waals surface area contributed by atoms with Crippen molar-refractivity contribution in [2.75, 3.05) is 10.6 Å². The number of nitrogens with one attached hydrogen (secondary N) is 2. The van der Waals surface area contributed by atoms with E-state index in [0.29, 0.717) is 23.5 Å². The first-order chi connectivity index (χ1) is 13.9. The second kappa shape index (κ2) is 8.88. The first-order valence-electron chi connectivity index (χ1n) is 9.03. The van der Waals surface area contributed by atoms with Crippen LogP contribution >= 0.6 is 0 Å². The molecule has 0 aliphatic carbocycles. The summed E-state index contributed by atoms with van der Waals surface area (Å²) in [5.74, 6) is 0.490. The first kappa shape index (κ1) is 19.9. The Balaban J connectivity index is 1.72. The highest BCUT2D eigenvalue weighted by atomic mass is 16.5. The van der Waals surface area contributed by atoms with Crippen LogP contribution in [0.5, 0.6) is 5.75 Å². The van der Waals surface area contributed by atoms with Gasteiger partial charge in [0.15, 0.2) is 0 Å². The molecule has 0 saturated heterocycles. The number of amides is 3. The van der Waals surface area contributed by atoms with Gasteiger partial charge in [0, 0.05) is 34.9 Å². The Morgan fingerprint density at radius 3 is 2.31 bits per heavy atom. The zero-order chi connectivity index (χ0) is 20.8. The molecule has 0 aliphatic heterocycles. The predicted octanol–water partition coefficient (Wildman–Crippen LogP) is 4.02. The van der Waals surface area contributed by atoms with Gasteiger partial charge in [-0.25, -0.2) is 4.79 Å². The van der Waals surface area contributed by atoms with Gasteiger partial charge in [-0.3, -0.25) is 9.78 Å². The lowest BCUT2D eigenvalue weighted by molar-refractivity contribution is 0.102. The maximum Gasteiger partial charge on any atom is 0.316 e. The molecule has 0 saturated carbocycles. The van der Waals surface area contributed by atoms with Gasteiger partial charge in [0.25, 0.3) is 5.91 Å². The molecule has 7 heteroatoms. The number of hydrogen-bond donors (Lipinski definition) is 3. The minimum absolute atomic E-state index is 0.258. The van der Waals surface area contributed by atoms with Crippen LogP contribution in [0.25, 0.3) is 0 Å². The molecule has 3 aromatic rings. The molecule has 2 aromatic carbocycles. The van der Waals surface area contributed by atoms with Gasteiger partial charge in [-0.1, -0.05) is 12.1 Å². The highest BCUT2D eigenvalue weighted by Gasteiger charge is 2.13. The van der Waals surface area contributed by atoms with E-state index < -0.39 is 6.03 Å². The summed E-state index contributed by atoms with van der Waals surface area (Å²) < 4.78 is 5.94. The van der Waals surface area contributed by atoms with Crippen LogP contribution in [0.3, 0.4) is 0 Å². The van der Waals surface area contributed by atoms with Crippen molar-refractivity contribution in [2.24, 2.45) is 5.73 Å². The molecule has 148 valence electrons. The number of hydrogen-bond acceptors (Lipinski definition) is 4. The predicted molar refractivity (Wildman–Crippen MR) is 112 cm³/mol. The van der Waals surface area contributed by atoms with Gasteiger partial charge < -0.3 is 21.1 Å². The molecule has 0 spiro atoms. The number of anilines is 2. The van der Waals surface area contributed by atoms with E-state index in [4.69, 9.17) is 10.5 Å². The number of carbonyl (C=O) groups excluding carboxylic acids is 2. The third-order valence-electron chi connectivity index (χ3n) is 4.22. The SMILES string of the molecule is Cc1cc(C(=O)Nc2cccc(NC(N)=O)c2)cc(C)c1OCc1cccnc1. The largest absolute Gasteiger partial charge is 0.488 e. The van der Waals surface area contributed by atoms with Crippen molar-refractivity contribution < 1.29 is 14.3 Å². The highest BCUT2D eigenvalue weighted by Crippen LogP contribution is 2.26. The molecule has 1 aromatic heterocycles. The van der Waals surface area contributed by atoms with Crippen LogP contribution in [0.2, 0.25) is 0 Å². The topological polar surface area (TPSA) is 106 Å². The molecule has 0 fully saturated rings.